The summed E-state index contributed by atoms with van der Waals surface area (Å²) in [5, 5.41) is 0. The first-order valence-corrected chi connectivity index (χ1v) is 4.93. The number of amides is 1. The van der Waals surface area contributed by atoms with Crippen LogP contribution in [0.2, 0.25) is 0 Å². The van der Waals surface area contributed by atoms with Crippen molar-refractivity contribution in [2.75, 3.05) is 13.6 Å². The minimum atomic E-state index is -0.0610. The van der Waals surface area contributed by atoms with Gasteiger partial charge < -0.3 is 4.90 Å². The molecule has 0 aromatic rings. The highest BCUT2D eigenvalue weighted by Gasteiger charge is 2.25. The lowest BCUT2D eigenvalue weighted by molar-refractivity contribution is -0.121. The number of rotatable bonds is 6. The maximum absolute atomic E-state index is 10.8. The predicted octanol–water partition coefficient (Wildman–Crippen LogP) is 0.241. The number of hydrogen-bond donors (Lipinski definition) is 2. The summed E-state index contributed by atoms with van der Waals surface area (Å²) < 4.78 is 0. The molecule has 0 aromatic carbocycles. The number of nitrogens with zero attached hydrogens (tertiary/aromatic N) is 1. The normalized spacial score (nSPS) is 16.2. The van der Waals surface area contributed by atoms with E-state index in [9.17, 15) is 4.79 Å². The van der Waals surface area contributed by atoms with E-state index >= 15 is 0 Å². The fraction of sp³-hybridized carbons (Fsp3) is 0.889. The first-order valence-electron chi connectivity index (χ1n) is 4.93. The van der Waals surface area contributed by atoms with Gasteiger partial charge in [0, 0.05) is 12.5 Å². The van der Waals surface area contributed by atoms with Crippen LogP contribution in [-0.2, 0) is 4.79 Å². The van der Waals surface area contributed by atoms with Crippen molar-refractivity contribution >= 4 is 5.91 Å². The van der Waals surface area contributed by atoms with Crippen LogP contribution in [0, 0.1) is 0 Å². The molecule has 0 atom stereocenters. The summed E-state index contributed by atoms with van der Waals surface area (Å²) in [6, 6.07) is 0.823. The van der Waals surface area contributed by atoms with Gasteiger partial charge in [-0.25, -0.2) is 5.84 Å². The molecule has 4 nitrogen and oxygen atoms in total. The Bertz CT molecular complexity index is 168. The Hall–Kier alpha value is -0.610. The predicted molar refractivity (Wildman–Crippen MR) is 51.8 cm³/mol. The molecule has 13 heavy (non-hydrogen) atoms. The van der Waals surface area contributed by atoms with Crippen LogP contribution in [0.3, 0.4) is 0 Å². The molecule has 1 rings (SSSR count). The van der Waals surface area contributed by atoms with Crippen LogP contribution in [0.1, 0.15) is 32.1 Å². The number of carbonyl (C=O) groups excluding carboxylic acids is 1. The number of carbonyl (C=O) groups is 1. The van der Waals surface area contributed by atoms with Gasteiger partial charge in [-0.15, -0.1) is 0 Å². The zero-order chi connectivity index (χ0) is 9.68. The average molecular weight is 185 g/mol. The van der Waals surface area contributed by atoms with Crippen LogP contribution in [0.4, 0.5) is 0 Å². The highest BCUT2D eigenvalue weighted by molar-refractivity contribution is 5.74. The fourth-order valence-electron chi connectivity index (χ4n) is 1.42. The molecule has 0 radical (unpaired) electrons. The molecule has 1 amide bonds. The summed E-state index contributed by atoms with van der Waals surface area (Å²) in [4.78, 5) is 13.1. The van der Waals surface area contributed by atoms with Crippen LogP contribution in [-0.4, -0.2) is 30.4 Å². The second kappa shape index (κ2) is 5.19. The minimum absolute atomic E-state index is 0.0610. The molecular weight excluding hydrogens is 166 g/mol. The van der Waals surface area contributed by atoms with Crippen LogP contribution in [0.5, 0.6) is 0 Å². The minimum Gasteiger partial charge on any atom is -0.303 e. The summed E-state index contributed by atoms with van der Waals surface area (Å²) in [5.74, 6) is 4.90. The number of unbranched alkanes of at least 4 members (excludes halogenated alkanes) is 1. The topological polar surface area (TPSA) is 58.4 Å². The molecule has 0 unspecified atom stereocenters. The Kier molecular flexibility index (Phi) is 4.18. The Balaban J connectivity index is 1.91. The van der Waals surface area contributed by atoms with Gasteiger partial charge in [-0.3, -0.25) is 10.2 Å². The van der Waals surface area contributed by atoms with E-state index in [-0.39, 0.29) is 5.91 Å². The van der Waals surface area contributed by atoms with E-state index in [0.717, 1.165) is 25.4 Å². The highest BCUT2D eigenvalue weighted by atomic mass is 16.2. The Morgan fingerprint density at radius 3 is 2.77 bits per heavy atom. The van der Waals surface area contributed by atoms with Crippen molar-refractivity contribution in [1.82, 2.24) is 10.3 Å². The smallest absolute Gasteiger partial charge is 0.233 e. The zero-order valence-corrected chi connectivity index (χ0v) is 8.25. The van der Waals surface area contributed by atoms with Crippen molar-refractivity contribution in [1.29, 1.82) is 0 Å². The zero-order valence-electron chi connectivity index (χ0n) is 8.25. The van der Waals surface area contributed by atoms with Crippen molar-refractivity contribution in [2.24, 2.45) is 5.84 Å². The summed E-state index contributed by atoms with van der Waals surface area (Å²) >= 11 is 0. The van der Waals surface area contributed by atoms with Crippen LogP contribution in [0.25, 0.3) is 0 Å². The van der Waals surface area contributed by atoms with Gasteiger partial charge in [-0.1, -0.05) is 0 Å². The van der Waals surface area contributed by atoms with E-state index < -0.39 is 0 Å². The lowest BCUT2D eigenvalue weighted by Gasteiger charge is -2.14. The maximum atomic E-state index is 10.8. The molecule has 3 N–H and O–H groups in total. The molecule has 1 saturated carbocycles. The molecule has 0 spiro atoms. The molecule has 0 aromatic heterocycles. The molecule has 0 bridgehead atoms. The van der Waals surface area contributed by atoms with E-state index in [4.69, 9.17) is 5.84 Å². The highest BCUT2D eigenvalue weighted by Crippen LogP contribution is 2.25. The van der Waals surface area contributed by atoms with Crippen LogP contribution >= 0.6 is 0 Å². The van der Waals surface area contributed by atoms with Crippen molar-refractivity contribution in [2.45, 2.75) is 38.1 Å². The van der Waals surface area contributed by atoms with E-state index in [1.807, 2.05) is 0 Å². The Labute approximate surface area is 79.4 Å². The molecule has 1 aliphatic rings. The van der Waals surface area contributed by atoms with E-state index in [0.29, 0.717) is 6.42 Å². The van der Waals surface area contributed by atoms with Gasteiger partial charge in [0.25, 0.3) is 0 Å². The summed E-state index contributed by atoms with van der Waals surface area (Å²) in [6.07, 6.45) is 5.26. The summed E-state index contributed by atoms with van der Waals surface area (Å²) in [5.41, 5.74) is 2.14. The van der Waals surface area contributed by atoms with Crippen molar-refractivity contribution in [3.05, 3.63) is 0 Å². The van der Waals surface area contributed by atoms with Gasteiger partial charge in [0.15, 0.2) is 0 Å². The molecule has 76 valence electrons. The van der Waals surface area contributed by atoms with Gasteiger partial charge in [0.05, 0.1) is 0 Å². The molecule has 1 aliphatic carbocycles. The molecule has 0 aliphatic heterocycles. The quantitative estimate of drug-likeness (QED) is 0.270. The Morgan fingerprint density at radius 2 is 2.23 bits per heavy atom. The molecule has 4 heteroatoms. The van der Waals surface area contributed by atoms with Gasteiger partial charge >= 0.3 is 0 Å². The van der Waals surface area contributed by atoms with E-state index in [2.05, 4.69) is 17.4 Å². The van der Waals surface area contributed by atoms with Gasteiger partial charge in [0.2, 0.25) is 5.91 Å². The molecule has 0 heterocycles. The summed E-state index contributed by atoms with van der Waals surface area (Å²) in [6.45, 7) is 1.10. The van der Waals surface area contributed by atoms with Gasteiger partial charge in [-0.05, 0) is 39.3 Å². The third-order valence-electron chi connectivity index (χ3n) is 2.50. The number of nitrogens with two attached hydrogens (primary N) is 1. The van der Waals surface area contributed by atoms with Crippen molar-refractivity contribution in [3.8, 4) is 0 Å². The van der Waals surface area contributed by atoms with E-state index in [1.165, 1.54) is 12.8 Å². The van der Waals surface area contributed by atoms with Crippen molar-refractivity contribution < 1.29 is 4.79 Å². The maximum Gasteiger partial charge on any atom is 0.233 e. The largest absolute Gasteiger partial charge is 0.303 e. The SMILES string of the molecule is CN(CCCCC(=O)NN)C1CC1. The molecule has 0 saturated heterocycles. The fourth-order valence-corrected chi connectivity index (χ4v) is 1.42. The standard InChI is InChI=1S/C9H19N3O/c1-12(8-5-6-8)7-3-2-4-9(13)11-10/h8H,2-7,10H2,1H3,(H,11,13). The second-order valence-electron chi connectivity index (χ2n) is 3.74. The van der Waals surface area contributed by atoms with Crippen LogP contribution in [0.15, 0.2) is 0 Å². The van der Waals surface area contributed by atoms with Gasteiger partial charge in [-0.2, -0.15) is 0 Å². The number of hydrogen-bond acceptors (Lipinski definition) is 3. The monoisotopic (exact) mass is 185 g/mol. The van der Waals surface area contributed by atoms with Crippen LogP contribution < -0.4 is 11.3 Å². The summed E-state index contributed by atoms with van der Waals surface area (Å²) in [7, 11) is 2.15. The number of hydrazine groups is 1. The third-order valence-corrected chi connectivity index (χ3v) is 2.50. The lowest BCUT2D eigenvalue weighted by atomic mass is 10.2. The molecular formula is C9H19N3O. The third kappa shape index (κ3) is 4.24. The Morgan fingerprint density at radius 1 is 1.54 bits per heavy atom. The number of nitrogens with one attached hydrogen (secondary N) is 1. The average Bonchev–Trinajstić information content (AvgIpc) is 2.94. The lowest BCUT2D eigenvalue weighted by Crippen LogP contribution is -2.30. The van der Waals surface area contributed by atoms with E-state index in [1.54, 1.807) is 0 Å². The van der Waals surface area contributed by atoms with Crippen molar-refractivity contribution in [3.63, 3.8) is 0 Å². The van der Waals surface area contributed by atoms with Gasteiger partial charge in [0.1, 0.15) is 0 Å². The molecule has 1 fully saturated rings. The first-order chi connectivity index (χ1) is 6.24. The first kappa shape index (κ1) is 10.5. The second-order valence-corrected chi connectivity index (χ2v) is 3.74.